The Morgan fingerprint density at radius 3 is 2.64 bits per heavy atom. The first-order valence-electron chi connectivity index (χ1n) is 9.18. The minimum absolute atomic E-state index is 0.0306. The summed E-state index contributed by atoms with van der Waals surface area (Å²) >= 11 is 0. The number of carbonyl (C=O) groups excluding carboxylic acids is 2. The van der Waals surface area contributed by atoms with Crippen LogP contribution in [0.25, 0.3) is 0 Å². The van der Waals surface area contributed by atoms with Crippen molar-refractivity contribution >= 4 is 11.6 Å². The largest absolute Gasteiger partial charge is 0.357 e. The first-order chi connectivity index (χ1) is 10.4. The highest BCUT2D eigenvalue weighted by molar-refractivity contribution is 5.93. The molecule has 1 spiro atoms. The number of hydrogen-bond donors (Lipinski definition) is 0. The normalized spacial score (nSPS) is 59.4. The lowest BCUT2D eigenvalue weighted by Crippen LogP contribution is -2.60. The molecule has 7 atom stereocenters. The standard InChI is InChI=1S/C19H26O3/c1-17-9-7-13-11(12(17)5-6-14(17)20)10-16-19(22-16)15(21)4-3-8-18(13,19)2/h11-13,16H,3-10H2,1-2H3/t11-,12?,13-,16+,17-,18+,19+/m0/s1. The highest BCUT2D eigenvalue weighted by atomic mass is 16.6. The van der Waals surface area contributed by atoms with E-state index in [1.54, 1.807) is 0 Å². The Bertz CT molecular complexity index is 583. The van der Waals surface area contributed by atoms with Gasteiger partial charge in [-0.3, -0.25) is 9.59 Å². The quantitative estimate of drug-likeness (QED) is 0.645. The van der Waals surface area contributed by atoms with Crippen molar-refractivity contribution < 1.29 is 14.3 Å². The van der Waals surface area contributed by atoms with Crippen molar-refractivity contribution in [1.82, 2.24) is 0 Å². The second-order valence-electron chi connectivity index (χ2n) is 9.07. The van der Waals surface area contributed by atoms with Gasteiger partial charge in [-0.2, -0.15) is 0 Å². The minimum Gasteiger partial charge on any atom is -0.357 e. The number of hydrogen-bond acceptors (Lipinski definition) is 3. The maximum absolute atomic E-state index is 12.6. The molecule has 0 amide bonds. The molecule has 0 bridgehead atoms. The van der Waals surface area contributed by atoms with Gasteiger partial charge in [0.1, 0.15) is 5.78 Å². The number of Topliss-reactive ketones (excluding diaryl/α,β-unsaturated/α-hetero) is 2. The van der Waals surface area contributed by atoms with E-state index in [4.69, 9.17) is 4.74 Å². The monoisotopic (exact) mass is 302 g/mol. The zero-order valence-corrected chi connectivity index (χ0v) is 13.7. The maximum atomic E-state index is 12.6. The van der Waals surface area contributed by atoms with Gasteiger partial charge in [0.2, 0.25) is 0 Å². The summed E-state index contributed by atoms with van der Waals surface area (Å²) in [5.74, 6) is 2.59. The summed E-state index contributed by atoms with van der Waals surface area (Å²) < 4.78 is 6.15. The predicted octanol–water partition coefficient (Wildman–Crippen LogP) is 3.30. The Morgan fingerprint density at radius 2 is 1.82 bits per heavy atom. The van der Waals surface area contributed by atoms with Gasteiger partial charge in [-0.25, -0.2) is 0 Å². The van der Waals surface area contributed by atoms with E-state index in [1.165, 1.54) is 0 Å². The van der Waals surface area contributed by atoms with Crippen LogP contribution in [-0.2, 0) is 14.3 Å². The fourth-order valence-corrected chi connectivity index (χ4v) is 7.34. The number of ether oxygens (including phenoxy) is 1. The summed E-state index contributed by atoms with van der Waals surface area (Å²) in [6.07, 6.45) is 8.04. The van der Waals surface area contributed by atoms with Crippen LogP contribution >= 0.6 is 0 Å². The Labute approximate surface area is 132 Å². The molecule has 5 aliphatic rings. The molecule has 0 aromatic rings. The van der Waals surface area contributed by atoms with Crippen molar-refractivity contribution in [2.45, 2.75) is 76.9 Å². The molecule has 4 saturated carbocycles. The molecule has 0 N–H and O–H groups in total. The molecule has 0 aromatic carbocycles. The summed E-state index contributed by atoms with van der Waals surface area (Å²) in [7, 11) is 0. The van der Waals surface area contributed by atoms with Crippen molar-refractivity contribution in [3.05, 3.63) is 0 Å². The molecule has 5 rings (SSSR count). The topological polar surface area (TPSA) is 46.7 Å². The van der Waals surface area contributed by atoms with Crippen molar-refractivity contribution in [3.63, 3.8) is 0 Å². The van der Waals surface area contributed by atoms with Crippen LogP contribution in [0.5, 0.6) is 0 Å². The maximum Gasteiger partial charge on any atom is 0.167 e. The number of ketones is 2. The van der Waals surface area contributed by atoms with Gasteiger partial charge in [0.25, 0.3) is 0 Å². The number of epoxide rings is 1. The third-order valence-corrected chi connectivity index (χ3v) is 8.54. The van der Waals surface area contributed by atoms with E-state index in [1.807, 2.05) is 0 Å². The molecule has 5 fully saturated rings. The van der Waals surface area contributed by atoms with Gasteiger partial charge in [0, 0.05) is 23.7 Å². The van der Waals surface area contributed by atoms with E-state index < -0.39 is 5.60 Å². The Morgan fingerprint density at radius 1 is 1.00 bits per heavy atom. The second kappa shape index (κ2) is 3.85. The van der Waals surface area contributed by atoms with Gasteiger partial charge in [-0.05, 0) is 56.3 Å². The fourth-order valence-electron chi connectivity index (χ4n) is 7.34. The predicted molar refractivity (Wildman–Crippen MR) is 81.2 cm³/mol. The molecule has 1 aliphatic heterocycles. The van der Waals surface area contributed by atoms with Crippen molar-refractivity contribution in [2.24, 2.45) is 28.6 Å². The Kier molecular flexibility index (Phi) is 2.40. The third kappa shape index (κ3) is 1.27. The molecule has 120 valence electrons. The van der Waals surface area contributed by atoms with E-state index in [-0.39, 0.29) is 16.9 Å². The molecule has 1 saturated heterocycles. The smallest absolute Gasteiger partial charge is 0.167 e. The van der Waals surface area contributed by atoms with Gasteiger partial charge in [-0.15, -0.1) is 0 Å². The highest BCUT2D eigenvalue weighted by Gasteiger charge is 2.78. The van der Waals surface area contributed by atoms with Gasteiger partial charge >= 0.3 is 0 Å². The number of fused-ring (bicyclic) bond motifs is 4. The van der Waals surface area contributed by atoms with Crippen molar-refractivity contribution in [2.75, 3.05) is 0 Å². The van der Waals surface area contributed by atoms with Crippen LogP contribution in [0.15, 0.2) is 0 Å². The molecule has 1 heterocycles. The van der Waals surface area contributed by atoms with Crippen LogP contribution in [0, 0.1) is 28.6 Å². The molecular formula is C19H26O3. The van der Waals surface area contributed by atoms with Crippen LogP contribution in [0.3, 0.4) is 0 Å². The Balaban J connectivity index is 1.56. The summed E-state index contributed by atoms with van der Waals surface area (Å²) in [6, 6.07) is 0. The molecule has 0 aromatic heterocycles. The summed E-state index contributed by atoms with van der Waals surface area (Å²) in [5.41, 5.74) is -0.475. The first kappa shape index (κ1) is 13.7. The lowest BCUT2D eigenvalue weighted by Gasteiger charge is -2.57. The van der Waals surface area contributed by atoms with Crippen LogP contribution < -0.4 is 0 Å². The Hall–Kier alpha value is -0.700. The second-order valence-corrected chi connectivity index (χ2v) is 9.07. The van der Waals surface area contributed by atoms with Gasteiger partial charge in [-0.1, -0.05) is 13.8 Å². The number of carbonyl (C=O) groups is 2. The molecule has 3 heteroatoms. The molecule has 0 radical (unpaired) electrons. The number of rotatable bonds is 0. The van der Waals surface area contributed by atoms with E-state index in [9.17, 15) is 9.59 Å². The minimum atomic E-state index is -0.428. The summed E-state index contributed by atoms with van der Waals surface area (Å²) in [5, 5.41) is 0. The first-order valence-corrected chi connectivity index (χ1v) is 9.18. The molecular weight excluding hydrogens is 276 g/mol. The van der Waals surface area contributed by atoms with Crippen LogP contribution in [0.1, 0.15) is 65.2 Å². The van der Waals surface area contributed by atoms with Crippen molar-refractivity contribution in [3.8, 4) is 0 Å². The SMILES string of the molecule is C[C@]12CC[C@H]3[C@@H](C[C@H]4O[C@]45C(=O)CCC[C@]35C)C1CCC2=O. The summed E-state index contributed by atoms with van der Waals surface area (Å²) in [6.45, 7) is 4.55. The summed E-state index contributed by atoms with van der Waals surface area (Å²) in [4.78, 5) is 25.1. The van der Waals surface area contributed by atoms with E-state index in [0.717, 1.165) is 44.9 Å². The van der Waals surface area contributed by atoms with Gasteiger partial charge < -0.3 is 4.74 Å². The average Bonchev–Trinajstić information content (AvgIpc) is 3.13. The van der Waals surface area contributed by atoms with Crippen LogP contribution in [0.4, 0.5) is 0 Å². The van der Waals surface area contributed by atoms with Crippen molar-refractivity contribution in [1.29, 1.82) is 0 Å². The lowest BCUT2D eigenvalue weighted by atomic mass is 9.45. The zero-order chi connectivity index (χ0) is 15.3. The van der Waals surface area contributed by atoms with Crippen LogP contribution in [-0.4, -0.2) is 23.3 Å². The van der Waals surface area contributed by atoms with Crippen LogP contribution in [0.2, 0.25) is 0 Å². The molecule has 22 heavy (non-hydrogen) atoms. The van der Waals surface area contributed by atoms with Gasteiger partial charge in [0.05, 0.1) is 6.10 Å². The zero-order valence-electron chi connectivity index (χ0n) is 13.7. The highest BCUT2D eigenvalue weighted by Crippen LogP contribution is 2.72. The molecule has 1 unspecified atom stereocenters. The fraction of sp³-hybridized carbons (Fsp3) is 0.895. The lowest BCUT2D eigenvalue weighted by molar-refractivity contribution is -0.147. The van der Waals surface area contributed by atoms with E-state index >= 15 is 0 Å². The van der Waals surface area contributed by atoms with Gasteiger partial charge in [0.15, 0.2) is 11.4 Å². The third-order valence-electron chi connectivity index (χ3n) is 8.54. The molecule has 3 nitrogen and oxygen atoms in total. The van der Waals surface area contributed by atoms with E-state index in [0.29, 0.717) is 35.7 Å². The molecule has 4 aliphatic carbocycles. The van der Waals surface area contributed by atoms with E-state index in [2.05, 4.69) is 13.8 Å². The average molecular weight is 302 g/mol.